The van der Waals surface area contributed by atoms with E-state index in [2.05, 4.69) is 32.8 Å². The number of sulfonamides is 1. The van der Waals surface area contributed by atoms with Crippen LogP contribution in [-0.4, -0.2) is 38.4 Å². The van der Waals surface area contributed by atoms with Crippen LogP contribution in [0.5, 0.6) is 0 Å². The number of hydrazine groups is 1. The van der Waals surface area contributed by atoms with E-state index in [1.54, 1.807) is 18.2 Å². The molecule has 0 atom stereocenters. The van der Waals surface area contributed by atoms with Crippen molar-refractivity contribution in [1.29, 1.82) is 0 Å². The molecule has 0 saturated heterocycles. The number of unbranched alkanes of at least 4 members (excludes halogenated alkanes) is 2. The lowest BCUT2D eigenvalue weighted by atomic mass is 10.2. The second-order valence-corrected chi connectivity index (χ2v) is 7.78. The lowest BCUT2D eigenvalue weighted by molar-refractivity contribution is -0.121. The zero-order valence-corrected chi connectivity index (χ0v) is 16.2. The fourth-order valence-electron chi connectivity index (χ4n) is 2.33. The fraction of sp³-hybridized carbons (Fsp3) is 0.438. The minimum absolute atomic E-state index is 0.0961. The van der Waals surface area contributed by atoms with Gasteiger partial charge in [-0.15, -0.1) is 0 Å². The molecule has 0 spiro atoms. The highest BCUT2D eigenvalue weighted by atomic mass is 32.2. The fourth-order valence-corrected chi connectivity index (χ4v) is 3.73. The van der Waals surface area contributed by atoms with Crippen molar-refractivity contribution in [2.45, 2.75) is 37.5 Å². The van der Waals surface area contributed by atoms with Crippen LogP contribution in [0.25, 0.3) is 0 Å². The first-order chi connectivity index (χ1) is 12.4. The third-order valence-corrected chi connectivity index (χ3v) is 5.30. The number of carbonyl (C=O) groups is 1. The van der Waals surface area contributed by atoms with E-state index in [9.17, 15) is 13.2 Å². The van der Waals surface area contributed by atoms with Gasteiger partial charge in [0.25, 0.3) is 10.0 Å². The number of rotatable bonds is 7. The second-order valence-electron chi connectivity index (χ2n) is 5.72. The van der Waals surface area contributed by atoms with Crippen molar-refractivity contribution in [2.75, 3.05) is 13.1 Å². The number of thiocarbonyl (C=S) groups is 1. The van der Waals surface area contributed by atoms with Gasteiger partial charge in [0.05, 0.1) is 11.4 Å². The monoisotopic (exact) mass is 397 g/mol. The molecule has 1 amide bonds. The summed E-state index contributed by atoms with van der Waals surface area (Å²) in [5.41, 5.74) is 5.63. The number of hydrogen-bond acceptors (Lipinski definition) is 5. The Morgan fingerprint density at radius 3 is 2.77 bits per heavy atom. The highest BCUT2D eigenvalue weighted by molar-refractivity contribution is 7.90. The summed E-state index contributed by atoms with van der Waals surface area (Å²) in [5, 5.41) is 3.35. The lowest BCUT2D eigenvalue weighted by Crippen LogP contribution is -2.47. The number of hydrogen-bond donors (Lipinski definition) is 4. The van der Waals surface area contributed by atoms with E-state index in [4.69, 9.17) is 12.2 Å². The van der Waals surface area contributed by atoms with Gasteiger partial charge in [0.15, 0.2) is 5.11 Å². The number of amidine groups is 1. The average molecular weight is 398 g/mol. The second kappa shape index (κ2) is 9.48. The molecule has 2 rings (SSSR count). The van der Waals surface area contributed by atoms with Gasteiger partial charge in [-0.2, -0.15) is 0 Å². The van der Waals surface area contributed by atoms with Gasteiger partial charge in [-0.05, 0) is 30.8 Å². The summed E-state index contributed by atoms with van der Waals surface area (Å²) < 4.78 is 26.3. The smallest absolute Gasteiger partial charge is 0.263 e. The third kappa shape index (κ3) is 5.67. The summed E-state index contributed by atoms with van der Waals surface area (Å²) in [4.78, 5) is 16.2. The predicted octanol–water partition coefficient (Wildman–Crippen LogP) is 0.801. The van der Waals surface area contributed by atoms with E-state index in [0.29, 0.717) is 10.7 Å². The molecule has 10 heteroatoms. The first kappa shape index (κ1) is 20.1. The van der Waals surface area contributed by atoms with Crippen LogP contribution >= 0.6 is 12.2 Å². The van der Waals surface area contributed by atoms with Crippen LogP contribution in [0.3, 0.4) is 0 Å². The average Bonchev–Trinajstić information content (AvgIpc) is 2.88. The molecule has 4 N–H and O–H groups in total. The molecule has 0 fully saturated rings. The van der Waals surface area contributed by atoms with Crippen LogP contribution in [0.2, 0.25) is 0 Å². The standard InChI is InChI=1S/C16H23N5O3S2/c1-2-3-6-10-18-16(25)20-19-14(22)9-11-17-15-12-7-4-5-8-13(12)26(23,24)21-15/h4-5,7-8H,2-3,6,9-11H2,1H3,(H,17,21)(H,19,22)(H2,18,20,25). The molecule has 0 radical (unpaired) electrons. The number of fused-ring (bicyclic) bond motifs is 1. The van der Waals surface area contributed by atoms with Crippen molar-refractivity contribution in [3.63, 3.8) is 0 Å². The summed E-state index contributed by atoms with van der Waals surface area (Å²) in [6.07, 6.45) is 3.36. The number of carbonyl (C=O) groups excluding carboxylic acids is 1. The molecular weight excluding hydrogens is 374 g/mol. The van der Waals surface area contributed by atoms with E-state index >= 15 is 0 Å². The van der Waals surface area contributed by atoms with Crippen molar-refractivity contribution >= 4 is 39.1 Å². The van der Waals surface area contributed by atoms with Crippen molar-refractivity contribution in [3.8, 4) is 0 Å². The SMILES string of the molecule is CCCCCNC(=S)NNC(=O)CCN=C1NS(=O)(=O)c2ccccc21. The van der Waals surface area contributed by atoms with Crippen LogP contribution in [0, 0.1) is 0 Å². The maximum absolute atomic E-state index is 12.0. The Morgan fingerprint density at radius 1 is 1.23 bits per heavy atom. The Kier molecular flexibility index (Phi) is 7.34. The summed E-state index contributed by atoms with van der Waals surface area (Å²) >= 11 is 5.05. The zero-order valence-electron chi connectivity index (χ0n) is 14.5. The van der Waals surface area contributed by atoms with E-state index in [-0.39, 0.29) is 29.6 Å². The van der Waals surface area contributed by atoms with Crippen molar-refractivity contribution in [2.24, 2.45) is 4.99 Å². The topological polar surface area (TPSA) is 112 Å². The van der Waals surface area contributed by atoms with E-state index in [1.807, 2.05) is 0 Å². The normalized spacial score (nSPS) is 15.8. The van der Waals surface area contributed by atoms with Crippen LogP contribution in [-0.2, 0) is 14.8 Å². The lowest BCUT2D eigenvalue weighted by Gasteiger charge is -2.11. The van der Waals surface area contributed by atoms with Crippen LogP contribution < -0.4 is 20.9 Å². The molecule has 26 heavy (non-hydrogen) atoms. The number of amides is 1. The molecule has 1 aromatic carbocycles. The predicted molar refractivity (Wildman–Crippen MR) is 104 cm³/mol. The van der Waals surface area contributed by atoms with Gasteiger partial charge in [0.1, 0.15) is 5.84 Å². The molecule has 0 saturated carbocycles. The van der Waals surface area contributed by atoms with Gasteiger partial charge < -0.3 is 5.32 Å². The molecule has 1 aliphatic heterocycles. The van der Waals surface area contributed by atoms with E-state index < -0.39 is 10.0 Å². The molecule has 1 aromatic rings. The number of nitrogens with zero attached hydrogens (tertiary/aromatic N) is 1. The largest absolute Gasteiger partial charge is 0.361 e. The molecule has 1 heterocycles. The highest BCUT2D eigenvalue weighted by Gasteiger charge is 2.29. The van der Waals surface area contributed by atoms with Crippen LogP contribution in [0.1, 0.15) is 38.2 Å². The molecule has 0 aromatic heterocycles. The Hall–Kier alpha value is -2.20. The quantitative estimate of drug-likeness (QED) is 0.308. The first-order valence-corrected chi connectivity index (χ1v) is 10.3. The zero-order chi connectivity index (χ0) is 19.0. The van der Waals surface area contributed by atoms with Crippen molar-refractivity contribution in [3.05, 3.63) is 29.8 Å². The number of benzene rings is 1. The van der Waals surface area contributed by atoms with Crippen LogP contribution in [0.4, 0.5) is 0 Å². The van der Waals surface area contributed by atoms with Gasteiger partial charge in [-0.1, -0.05) is 31.9 Å². The Morgan fingerprint density at radius 2 is 2.00 bits per heavy atom. The van der Waals surface area contributed by atoms with Crippen molar-refractivity contribution in [1.82, 2.24) is 20.9 Å². The molecule has 142 valence electrons. The third-order valence-electron chi connectivity index (χ3n) is 3.65. The van der Waals surface area contributed by atoms with Crippen LogP contribution in [0.15, 0.2) is 34.2 Å². The summed E-state index contributed by atoms with van der Waals surface area (Å²) in [6.45, 7) is 3.02. The molecule has 0 bridgehead atoms. The highest BCUT2D eigenvalue weighted by Crippen LogP contribution is 2.21. The molecule has 1 aliphatic rings. The Labute approximate surface area is 158 Å². The maximum atomic E-state index is 12.0. The van der Waals surface area contributed by atoms with Crippen molar-refractivity contribution < 1.29 is 13.2 Å². The molecular formula is C16H23N5O3S2. The molecule has 8 nitrogen and oxygen atoms in total. The van der Waals surface area contributed by atoms with Gasteiger partial charge in [0, 0.05) is 18.5 Å². The van der Waals surface area contributed by atoms with Gasteiger partial charge in [0.2, 0.25) is 5.91 Å². The molecule has 0 aliphatic carbocycles. The van der Waals surface area contributed by atoms with E-state index in [1.165, 1.54) is 6.07 Å². The van der Waals surface area contributed by atoms with Gasteiger partial charge >= 0.3 is 0 Å². The van der Waals surface area contributed by atoms with E-state index in [0.717, 1.165) is 25.8 Å². The molecule has 0 unspecified atom stereocenters. The van der Waals surface area contributed by atoms with Gasteiger partial charge in [-0.25, -0.2) is 8.42 Å². The minimum atomic E-state index is -3.56. The first-order valence-electron chi connectivity index (χ1n) is 8.43. The number of aliphatic imine (C=N–C) groups is 1. The summed E-state index contributed by atoms with van der Waals surface area (Å²) in [6, 6.07) is 6.59. The summed E-state index contributed by atoms with van der Waals surface area (Å²) in [7, 11) is -3.56. The van der Waals surface area contributed by atoms with Gasteiger partial charge in [-0.3, -0.25) is 25.4 Å². The Balaban J connectivity index is 1.75. The number of nitrogens with one attached hydrogen (secondary N) is 4. The summed E-state index contributed by atoms with van der Waals surface area (Å²) in [5.74, 6) is -0.0318. The maximum Gasteiger partial charge on any atom is 0.263 e. The Bertz CT molecular complexity index is 793. The minimum Gasteiger partial charge on any atom is -0.361 e.